The standard InChI is InChI=1S/C6H8FN.C2H6/c1-5-2-6(7,3-5)4-8;1-2/h5H,2-3H2,1H3;1-2H3. The van der Waals surface area contributed by atoms with Crippen LogP contribution in [0.3, 0.4) is 0 Å². The zero-order valence-corrected chi connectivity index (χ0v) is 6.82. The molecule has 0 aliphatic heterocycles. The van der Waals surface area contributed by atoms with Crippen molar-refractivity contribution in [1.82, 2.24) is 0 Å². The summed E-state index contributed by atoms with van der Waals surface area (Å²) in [6, 6.07) is 1.64. The lowest BCUT2D eigenvalue weighted by Crippen LogP contribution is -2.36. The number of rotatable bonds is 0. The summed E-state index contributed by atoms with van der Waals surface area (Å²) in [4.78, 5) is 0. The summed E-state index contributed by atoms with van der Waals surface area (Å²) in [5, 5.41) is 8.14. The van der Waals surface area contributed by atoms with Gasteiger partial charge in [0.2, 0.25) is 0 Å². The highest BCUT2D eigenvalue weighted by atomic mass is 19.1. The lowest BCUT2D eigenvalue weighted by atomic mass is 9.74. The van der Waals surface area contributed by atoms with E-state index in [0.717, 1.165) is 0 Å². The van der Waals surface area contributed by atoms with E-state index in [2.05, 4.69) is 0 Å². The van der Waals surface area contributed by atoms with Gasteiger partial charge in [0.15, 0.2) is 5.67 Å². The first-order chi connectivity index (χ1) is 4.66. The molecule has 1 saturated carbocycles. The smallest absolute Gasteiger partial charge is 0.196 e. The van der Waals surface area contributed by atoms with Crippen molar-refractivity contribution in [2.24, 2.45) is 5.92 Å². The Balaban J connectivity index is 0.000000371. The van der Waals surface area contributed by atoms with Gasteiger partial charge in [-0.2, -0.15) is 5.26 Å². The van der Waals surface area contributed by atoms with E-state index in [9.17, 15) is 4.39 Å². The second kappa shape index (κ2) is 3.55. The Morgan fingerprint density at radius 3 is 2.00 bits per heavy atom. The molecule has 1 aliphatic rings. The van der Waals surface area contributed by atoms with Crippen LogP contribution in [0.25, 0.3) is 0 Å². The molecule has 0 bridgehead atoms. The number of nitrogens with zero attached hydrogens (tertiary/aromatic N) is 1. The molecule has 0 aromatic heterocycles. The van der Waals surface area contributed by atoms with E-state index >= 15 is 0 Å². The molecule has 1 rings (SSSR count). The first-order valence-electron chi connectivity index (χ1n) is 3.76. The summed E-state index contributed by atoms with van der Waals surface area (Å²) in [5.74, 6) is 0.416. The number of alkyl halides is 1. The van der Waals surface area contributed by atoms with E-state index < -0.39 is 5.67 Å². The summed E-state index contributed by atoms with van der Waals surface area (Å²) in [6.45, 7) is 5.95. The fourth-order valence-corrected chi connectivity index (χ4v) is 1.14. The molecule has 0 heterocycles. The molecule has 1 nitrogen and oxygen atoms in total. The van der Waals surface area contributed by atoms with E-state index in [1.54, 1.807) is 6.07 Å². The molecule has 0 unspecified atom stereocenters. The van der Waals surface area contributed by atoms with Crippen molar-refractivity contribution in [3.05, 3.63) is 0 Å². The van der Waals surface area contributed by atoms with E-state index in [0.29, 0.717) is 18.8 Å². The average Bonchev–Trinajstić information content (AvgIpc) is 1.90. The first-order valence-corrected chi connectivity index (χ1v) is 3.76. The predicted molar refractivity (Wildman–Crippen MR) is 39.2 cm³/mol. The molecule has 0 atom stereocenters. The van der Waals surface area contributed by atoms with Gasteiger partial charge in [0.1, 0.15) is 6.07 Å². The van der Waals surface area contributed by atoms with Crippen LogP contribution in [0.1, 0.15) is 33.6 Å². The minimum Gasteiger partial charge on any atom is -0.227 e. The van der Waals surface area contributed by atoms with E-state index in [1.807, 2.05) is 20.8 Å². The van der Waals surface area contributed by atoms with Crippen molar-refractivity contribution in [1.29, 1.82) is 5.26 Å². The molecule has 0 aromatic rings. The Bertz CT molecular complexity index is 131. The van der Waals surface area contributed by atoms with Gasteiger partial charge >= 0.3 is 0 Å². The van der Waals surface area contributed by atoms with Gasteiger partial charge < -0.3 is 0 Å². The third kappa shape index (κ3) is 1.98. The zero-order valence-electron chi connectivity index (χ0n) is 6.82. The highest BCUT2D eigenvalue weighted by molar-refractivity contribution is 5.08. The highest BCUT2D eigenvalue weighted by Crippen LogP contribution is 2.39. The normalized spacial score (nSPS) is 36.5. The lowest BCUT2D eigenvalue weighted by molar-refractivity contribution is 0.0718. The van der Waals surface area contributed by atoms with Crippen molar-refractivity contribution in [2.45, 2.75) is 39.3 Å². The van der Waals surface area contributed by atoms with Crippen LogP contribution in [0.15, 0.2) is 0 Å². The van der Waals surface area contributed by atoms with Crippen molar-refractivity contribution >= 4 is 0 Å². The Morgan fingerprint density at radius 1 is 1.50 bits per heavy atom. The van der Waals surface area contributed by atoms with Gasteiger partial charge in [-0.15, -0.1) is 0 Å². The van der Waals surface area contributed by atoms with Gasteiger partial charge in [0.05, 0.1) is 0 Å². The molecule has 1 fully saturated rings. The molecular weight excluding hydrogens is 129 g/mol. The third-order valence-electron chi connectivity index (χ3n) is 1.54. The van der Waals surface area contributed by atoms with Crippen LogP contribution in [0, 0.1) is 17.2 Å². The molecule has 2 heteroatoms. The van der Waals surface area contributed by atoms with Crippen LogP contribution in [-0.2, 0) is 0 Å². The number of nitriles is 1. The predicted octanol–water partition coefficient (Wildman–Crippen LogP) is 2.67. The molecule has 0 spiro atoms. The average molecular weight is 143 g/mol. The van der Waals surface area contributed by atoms with Gasteiger partial charge in [-0.05, 0) is 18.8 Å². The van der Waals surface area contributed by atoms with Gasteiger partial charge in [-0.1, -0.05) is 20.8 Å². The maximum Gasteiger partial charge on any atom is 0.196 e. The second-order valence-electron chi connectivity index (χ2n) is 2.59. The van der Waals surface area contributed by atoms with Gasteiger partial charge in [0, 0.05) is 0 Å². The maximum atomic E-state index is 12.5. The number of hydrogen-bond acceptors (Lipinski definition) is 1. The Labute approximate surface area is 61.9 Å². The van der Waals surface area contributed by atoms with Crippen LogP contribution in [0.2, 0.25) is 0 Å². The molecule has 58 valence electrons. The SMILES string of the molecule is CC.CC1CC(F)(C#N)C1. The van der Waals surface area contributed by atoms with Crippen molar-refractivity contribution in [3.8, 4) is 6.07 Å². The van der Waals surface area contributed by atoms with E-state index in [-0.39, 0.29) is 0 Å². The number of halogens is 1. The monoisotopic (exact) mass is 143 g/mol. The highest BCUT2D eigenvalue weighted by Gasteiger charge is 2.42. The molecule has 0 radical (unpaired) electrons. The van der Waals surface area contributed by atoms with Gasteiger partial charge in [0.25, 0.3) is 0 Å². The zero-order chi connectivity index (χ0) is 8.20. The maximum absolute atomic E-state index is 12.5. The molecular formula is C8H14FN. The molecule has 10 heavy (non-hydrogen) atoms. The molecule has 0 amide bonds. The molecule has 1 aliphatic carbocycles. The van der Waals surface area contributed by atoms with E-state index in [4.69, 9.17) is 5.26 Å². The molecule has 0 N–H and O–H groups in total. The van der Waals surface area contributed by atoms with Crippen LogP contribution in [0.4, 0.5) is 4.39 Å². The summed E-state index contributed by atoms with van der Waals surface area (Å²) in [7, 11) is 0. The van der Waals surface area contributed by atoms with Crippen LogP contribution < -0.4 is 0 Å². The van der Waals surface area contributed by atoms with Crippen molar-refractivity contribution in [2.75, 3.05) is 0 Å². The summed E-state index contributed by atoms with van der Waals surface area (Å²) < 4.78 is 12.5. The third-order valence-corrected chi connectivity index (χ3v) is 1.54. The minimum absolute atomic E-state index is 0.416. The summed E-state index contributed by atoms with van der Waals surface area (Å²) >= 11 is 0. The van der Waals surface area contributed by atoms with Crippen LogP contribution in [-0.4, -0.2) is 5.67 Å². The van der Waals surface area contributed by atoms with Gasteiger partial charge in [-0.3, -0.25) is 0 Å². The largest absolute Gasteiger partial charge is 0.227 e. The van der Waals surface area contributed by atoms with Crippen molar-refractivity contribution in [3.63, 3.8) is 0 Å². The topological polar surface area (TPSA) is 23.8 Å². The van der Waals surface area contributed by atoms with E-state index in [1.165, 1.54) is 0 Å². The fourth-order valence-electron chi connectivity index (χ4n) is 1.14. The van der Waals surface area contributed by atoms with Crippen LogP contribution in [0.5, 0.6) is 0 Å². The van der Waals surface area contributed by atoms with Crippen molar-refractivity contribution < 1.29 is 4.39 Å². The van der Waals surface area contributed by atoms with Gasteiger partial charge in [-0.25, -0.2) is 4.39 Å². The molecule has 0 saturated heterocycles. The fraction of sp³-hybridized carbons (Fsp3) is 0.875. The second-order valence-corrected chi connectivity index (χ2v) is 2.59. The Kier molecular flexibility index (Phi) is 3.35. The lowest BCUT2D eigenvalue weighted by Gasteiger charge is -2.33. The summed E-state index contributed by atoms with van der Waals surface area (Å²) in [6.07, 6.45) is 0.868. The molecule has 0 aromatic carbocycles. The first kappa shape index (κ1) is 9.42. The number of hydrogen-bond donors (Lipinski definition) is 0. The summed E-state index contributed by atoms with van der Waals surface area (Å²) in [5.41, 5.74) is -1.46. The minimum atomic E-state index is -1.46. The Morgan fingerprint density at radius 2 is 1.90 bits per heavy atom. The Hall–Kier alpha value is -0.580. The van der Waals surface area contributed by atoms with Crippen LogP contribution >= 0.6 is 0 Å². The quantitative estimate of drug-likeness (QED) is 0.511.